The maximum atomic E-state index is 12.2. The molecule has 0 N–H and O–H groups in total. The molecule has 0 saturated carbocycles. The first-order valence-corrected chi connectivity index (χ1v) is 6.30. The topological polar surface area (TPSA) is 40.6 Å². The SMILES string of the molecule is CCN1CC(C)C(=O)N(c2cccc(Cl)c2)C1=O. The highest BCUT2D eigenvalue weighted by Crippen LogP contribution is 2.25. The smallest absolute Gasteiger partial charge is 0.323 e. The molecule has 1 unspecified atom stereocenters. The largest absolute Gasteiger partial charge is 0.331 e. The van der Waals surface area contributed by atoms with Crippen molar-refractivity contribution in [3.8, 4) is 0 Å². The number of urea groups is 1. The Labute approximate surface area is 111 Å². The lowest BCUT2D eigenvalue weighted by Crippen LogP contribution is -2.56. The monoisotopic (exact) mass is 266 g/mol. The molecule has 1 aliphatic rings. The first-order valence-electron chi connectivity index (χ1n) is 5.93. The van der Waals surface area contributed by atoms with E-state index >= 15 is 0 Å². The van der Waals surface area contributed by atoms with E-state index in [4.69, 9.17) is 11.6 Å². The van der Waals surface area contributed by atoms with Crippen LogP contribution in [0.2, 0.25) is 5.02 Å². The van der Waals surface area contributed by atoms with Crippen molar-refractivity contribution in [2.24, 2.45) is 5.92 Å². The molecule has 1 aliphatic heterocycles. The van der Waals surface area contributed by atoms with Gasteiger partial charge < -0.3 is 4.90 Å². The number of carbonyl (C=O) groups is 2. The molecule has 1 aromatic rings. The zero-order valence-electron chi connectivity index (χ0n) is 10.4. The van der Waals surface area contributed by atoms with Crippen LogP contribution < -0.4 is 4.90 Å². The summed E-state index contributed by atoms with van der Waals surface area (Å²) in [6, 6.07) is 6.51. The molecule has 0 radical (unpaired) electrons. The van der Waals surface area contributed by atoms with E-state index in [1.165, 1.54) is 4.90 Å². The summed E-state index contributed by atoms with van der Waals surface area (Å²) in [5.41, 5.74) is 0.530. The highest BCUT2D eigenvalue weighted by molar-refractivity contribution is 6.31. The Balaban J connectivity index is 2.39. The molecular weight excluding hydrogens is 252 g/mol. The minimum Gasteiger partial charge on any atom is -0.323 e. The molecule has 5 heteroatoms. The van der Waals surface area contributed by atoms with Crippen LogP contribution in [0.5, 0.6) is 0 Å². The summed E-state index contributed by atoms with van der Waals surface area (Å²) in [5.74, 6) is -0.367. The minimum atomic E-state index is -0.275. The van der Waals surface area contributed by atoms with Crippen LogP contribution in [0.15, 0.2) is 24.3 Å². The first kappa shape index (κ1) is 12.9. The molecule has 3 amide bonds. The quantitative estimate of drug-likeness (QED) is 0.826. The van der Waals surface area contributed by atoms with Crippen LogP contribution in [-0.4, -0.2) is 29.9 Å². The van der Waals surface area contributed by atoms with E-state index in [-0.39, 0.29) is 17.9 Å². The maximum absolute atomic E-state index is 12.2. The van der Waals surface area contributed by atoms with Crippen molar-refractivity contribution in [1.82, 2.24) is 4.90 Å². The summed E-state index contributed by atoms with van der Waals surface area (Å²) in [6.45, 7) is 4.80. The molecule has 96 valence electrons. The first-order chi connectivity index (χ1) is 8.54. The van der Waals surface area contributed by atoms with E-state index in [0.29, 0.717) is 23.8 Å². The number of imide groups is 1. The van der Waals surface area contributed by atoms with E-state index in [1.807, 2.05) is 13.8 Å². The predicted octanol–water partition coefficient (Wildman–Crippen LogP) is 2.76. The number of carbonyl (C=O) groups excluding carboxylic acids is 2. The Morgan fingerprint density at radius 1 is 1.39 bits per heavy atom. The van der Waals surface area contributed by atoms with Crippen molar-refractivity contribution in [1.29, 1.82) is 0 Å². The Morgan fingerprint density at radius 3 is 2.72 bits per heavy atom. The molecule has 18 heavy (non-hydrogen) atoms. The fourth-order valence-corrected chi connectivity index (χ4v) is 2.24. The lowest BCUT2D eigenvalue weighted by atomic mass is 10.1. The minimum absolute atomic E-state index is 0.174. The predicted molar refractivity (Wildman–Crippen MR) is 70.7 cm³/mol. The van der Waals surface area contributed by atoms with Crippen molar-refractivity contribution in [3.05, 3.63) is 29.3 Å². The zero-order chi connectivity index (χ0) is 13.3. The summed E-state index contributed by atoms with van der Waals surface area (Å²) >= 11 is 5.90. The molecule has 0 bridgehead atoms. The number of hydrogen-bond acceptors (Lipinski definition) is 2. The van der Waals surface area contributed by atoms with Crippen LogP contribution in [0.4, 0.5) is 10.5 Å². The second kappa shape index (κ2) is 4.98. The Hall–Kier alpha value is -1.55. The van der Waals surface area contributed by atoms with Gasteiger partial charge in [-0.05, 0) is 25.1 Å². The van der Waals surface area contributed by atoms with Gasteiger partial charge in [0.15, 0.2) is 0 Å². The molecule has 1 atom stereocenters. The van der Waals surface area contributed by atoms with E-state index < -0.39 is 0 Å². The molecule has 1 saturated heterocycles. The van der Waals surface area contributed by atoms with E-state index in [1.54, 1.807) is 29.2 Å². The van der Waals surface area contributed by atoms with Crippen LogP contribution in [0, 0.1) is 5.92 Å². The van der Waals surface area contributed by atoms with Crippen LogP contribution in [0.1, 0.15) is 13.8 Å². The second-order valence-corrected chi connectivity index (χ2v) is 4.81. The molecule has 0 spiro atoms. The maximum Gasteiger partial charge on any atom is 0.331 e. The lowest BCUT2D eigenvalue weighted by molar-refractivity contribution is -0.122. The zero-order valence-corrected chi connectivity index (χ0v) is 11.1. The van der Waals surface area contributed by atoms with Gasteiger partial charge in [0.2, 0.25) is 5.91 Å². The number of anilines is 1. The summed E-state index contributed by atoms with van der Waals surface area (Å²) in [7, 11) is 0. The van der Waals surface area contributed by atoms with E-state index in [9.17, 15) is 9.59 Å². The molecule has 0 aliphatic carbocycles. The van der Waals surface area contributed by atoms with Crippen molar-refractivity contribution >= 4 is 29.2 Å². The molecule has 1 heterocycles. The van der Waals surface area contributed by atoms with E-state index in [0.717, 1.165) is 0 Å². The number of rotatable bonds is 2. The number of benzene rings is 1. The molecule has 0 aromatic heterocycles. The summed E-state index contributed by atoms with van der Waals surface area (Å²) < 4.78 is 0. The van der Waals surface area contributed by atoms with Crippen molar-refractivity contribution in [2.45, 2.75) is 13.8 Å². The lowest BCUT2D eigenvalue weighted by Gasteiger charge is -2.36. The van der Waals surface area contributed by atoms with Gasteiger partial charge in [0, 0.05) is 18.1 Å². The molecule has 1 aromatic carbocycles. The van der Waals surface area contributed by atoms with Crippen molar-refractivity contribution in [3.63, 3.8) is 0 Å². The van der Waals surface area contributed by atoms with Gasteiger partial charge >= 0.3 is 6.03 Å². The van der Waals surface area contributed by atoms with Gasteiger partial charge in [0.1, 0.15) is 0 Å². The van der Waals surface area contributed by atoms with Gasteiger partial charge in [-0.2, -0.15) is 0 Å². The van der Waals surface area contributed by atoms with Gasteiger partial charge in [-0.15, -0.1) is 0 Å². The molecular formula is C13H15ClN2O2. The highest BCUT2D eigenvalue weighted by atomic mass is 35.5. The van der Waals surface area contributed by atoms with Crippen molar-refractivity contribution in [2.75, 3.05) is 18.0 Å². The Morgan fingerprint density at radius 2 is 2.11 bits per heavy atom. The van der Waals surface area contributed by atoms with Crippen molar-refractivity contribution < 1.29 is 9.59 Å². The normalized spacial score (nSPS) is 20.5. The van der Waals surface area contributed by atoms with Gasteiger partial charge in [-0.1, -0.05) is 24.6 Å². The fourth-order valence-electron chi connectivity index (χ4n) is 2.06. The average Bonchev–Trinajstić information content (AvgIpc) is 2.34. The third kappa shape index (κ3) is 2.20. The molecule has 1 fully saturated rings. The number of hydrogen-bond donors (Lipinski definition) is 0. The van der Waals surface area contributed by atoms with Crippen LogP contribution >= 0.6 is 11.6 Å². The van der Waals surface area contributed by atoms with Gasteiger partial charge in [-0.3, -0.25) is 4.79 Å². The van der Waals surface area contributed by atoms with Gasteiger partial charge in [0.05, 0.1) is 11.6 Å². The molecule has 2 rings (SSSR count). The third-order valence-corrected chi connectivity index (χ3v) is 3.28. The van der Waals surface area contributed by atoms with Crippen LogP contribution in [-0.2, 0) is 4.79 Å². The number of amides is 3. The standard InChI is InChI=1S/C13H15ClN2O2/c1-3-15-8-9(2)12(17)16(13(15)18)11-6-4-5-10(14)7-11/h4-7,9H,3,8H2,1-2H3. The van der Waals surface area contributed by atoms with E-state index in [2.05, 4.69) is 0 Å². The highest BCUT2D eigenvalue weighted by Gasteiger charge is 2.37. The summed E-state index contributed by atoms with van der Waals surface area (Å²) in [6.07, 6.45) is 0. The fraction of sp³-hybridized carbons (Fsp3) is 0.385. The molecule has 4 nitrogen and oxygen atoms in total. The number of halogens is 1. The summed E-state index contributed by atoms with van der Waals surface area (Å²) in [4.78, 5) is 27.2. The second-order valence-electron chi connectivity index (χ2n) is 4.38. The van der Waals surface area contributed by atoms with Gasteiger partial charge in [-0.25, -0.2) is 9.69 Å². The van der Waals surface area contributed by atoms with Gasteiger partial charge in [0.25, 0.3) is 0 Å². The van der Waals surface area contributed by atoms with Crippen LogP contribution in [0.25, 0.3) is 0 Å². The van der Waals surface area contributed by atoms with Crippen LogP contribution in [0.3, 0.4) is 0 Å². The Bertz CT molecular complexity index is 490. The Kier molecular flexibility index (Phi) is 3.57. The average molecular weight is 267 g/mol. The third-order valence-electron chi connectivity index (χ3n) is 3.05. The number of nitrogens with zero attached hydrogens (tertiary/aromatic N) is 2. The summed E-state index contributed by atoms with van der Waals surface area (Å²) in [5, 5.41) is 0.509.